The third-order valence-corrected chi connectivity index (χ3v) is 3.22. The summed E-state index contributed by atoms with van der Waals surface area (Å²) >= 11 is 0. The topological polar surface area (TPSA) is 66.5 Å². The second kappa shape index (κ2) is 6.87. The van der Waals surface area contributed by atoms with Crippen LogP contribution in [-0.2, 0) is 14.4 Å². The molecule has 0 saturated carbocycles. The third-order valence-electron chi connectivity index (χ3n) is 3.22. The van der Waals surface area contributed by atoms with Gasteiger partial charge in [-0.3, -0.25) is 9.59 Å². The highest BCUT2D eigenvalue weighted by Gasteiger charge is 2.32. The van der Waals surface area contributed by atoms with Crippen LogP contribution in [-0.4, -0.2) is 35.6 Å². The predicted molar refractivity (Wildman–Crippen MR) is 72.1 cm³/mol. The monoisotopic (exact) mass is 264 g/mol. The first-order chi connectivity index (χ1) is 9.01. The second-order valence-electron chi connectivity index (χ2n) is 4.60. The lowest BCUT2D eigenvalue weighted by Gasteiger charge is -2.22. The molecule has 0 aromatic carbocycles. The molecule has 0 radical (unpaired) electrons. The summed E-state index contributed by atoms with van der Waals surface area (Å²) in [5, 5.41) is 2.46. The highest BCUT2D eigenvalue weighted by Crippen LogP contribution is 2.30. The van der Waals surface area contributed by atoms with Crippen LogP contribution in [0, 0.1) is 0 Å². The third kappa shape index (κ3) is 3.77. The van der Waals surface area contributed by atoms with Gasteiger partial charge in [-0.1, -0.05) is 6.08 Å². The van der Waals surface area contributed by atoms with E-state index in [-0.39, 0.29) is 18.4 Å². The van der Waals surface area contributed by atoms with E-state index in [9.17, 15) is 14.4 Å². The number of amides is 2. The molecule has 19 heavy (non-hydrogen) atoms. The first-order valence-corrected chi connectivity index (χ1v) is 6.32. The molecule has 0 saturated heterocycles. The fraction of sp³-hybridized carbons (Fsp3) is 0.500. The summed E-state index contributed by atoms with van der Waals surface area (Å²) in [4.78, 5) is 35.5. The number of aldehydes is 1. The minimum atomic E-state index is -0.443. The molecule has 104 valence electrons. The Morgan fingerprint density at radius 3 is 2.74 bits per heavy atom. The van der Waals surface area contributed by atoms with Crippen LogP contribution in [0.3, 0.4) is 0 Å². The van der Waals surface area contributed by atoms with Gasteiger partial charge in [-0.2, -0.15) is 0 Å². The van der Waals surface area contributed by atoms with Gasteiger partial charge >= 0.3 is 0 Å². The predicted octanol–water partition coefficient (Wildman–Crippen LogP) is 1.16. The molecule has 1 atom stereocenters. The number of carbonyl (C=O) groups excluding carboxylic acids is 3. The minimum Gasteiger partial charge on any atom is -0.347 e. The van der Waals surface area contributed by atoms with E-state index >= 15 is 0 Å². The number of carbonyl (C=O) groups is 3. The Kier molecular flexibility index (Phi) is 5.48. The zero-order valence-corrected chi connectivity index (χ0v) is 11.4. The van der Waals surface area contributed by atoms with Crippen molar-refractivity contribution >= 4 is 18.1 Å². The van der Waals surface area contributed by atoms with Crippen molar-refractivity contribution in [2.45, 2.75) is 39.2 Å². The van der Waals surface area contributed by atoms with Gasteiger partial charge in [-0.25, -0.2) is 0 Å². The van der Waals surface area contributed by atoms with E-state index in [1.807, 2.05) is 13.0 Å². The minimum absolute atomic E-state index is 0.0776. The highest BCUT2D eigenvalue weighted by molar-refractivity contribution is 5.87. The smallest absolute Gasteiger partial charge is 0.246 e. The zero-order chi connectivity index (χ0) is 14.4. The van der Waals surface area contributed by atoms with Crippen LogP contribution in [0.1, 0.15) is 33.1 Å². The molecule has 1 aliphatic rings. The molecule has 0 bridgehead atoms. The fourth-order valence-electron chi connectivity index (χ4n) is 2.24. The molecule has 0 fully saturated rings. The van der Waals surface area contributed by atoms with Gasteiger partial charge in [0, 0.05) is 12.6 Å². The van der Waals surface area contributed by atoms with Crippen LogP contribution < -0.4 is 5.32 Å². The number of hydrogen-bond acceptors (Lipinski definition) is 3. The van der Waals surface area contributed by atoms with Crippen molar-refractivity contribution in [2.24, 2.45) is 0 Å². The summed E-state index contributed by atoms with van der Waals surface area (Å²) in [6.07, 6.45) is 4.82. The van der Waals surface area contributed by atoms with Crippen molar-refractivity contribution < 1.29 is 14.4 Å². The van der Waals surface area contributed by atoms with Crippen LogP contribution >= 0.6 is 0 Å². The van der Waals surface area contributed by atoms with E-state index in [1.54, 1.807) is 0 Å². The van der Waals surface area contributed by atoms with Crippen molar-refractivity contribution in [3.8, 4) is 0 Å². The first kappa shape index (κ1) is 15.1. The van der Waals surface area contributed by atoms with Crippen LogP contribution in [0.15, 0.2) is 23.9 Å². The molecule has 1 aliphatic heterocycles. The van der Waals surface area contributed by atoms with Gasteiger partial charge < -0.3 is 15.0 Å². The molecule has 0 aromatic rings. The normalized spacial score (nSPS) is 18.4. The molecular formula is C14H20N2O3. The lowest BCUT2D eigenvalue weighted by molar-refractivity contribution is -0.133. The number of nitrogens with one attached hydrogen (secondary N) is 1. The van der Waals surface area contributed by atoms with Gasteiger partial charge in [-0.15, -0.1) is 6.58 Å². The summed E-state index contributed by atoms with van der Waals surface area (Å²) < 4.78 is 0. The summed E-state index contributed by atoms with van der Waals surface area (Å²) in [5.74, 6) is -0.512. The van der Waals surface area contributed by atoms with E-state index in [1.165, 1.54) is 11.8 Å². The molecule has 1 heterocycles. The SMILES string of the molecule is C=CCCC1=C(C)N(C(=O)CNC(C)=O)C(C=O)C1. The summed E-state index contributed by atoms with van der Waals surface area (Å²) in [5.41, 5.74) is 1.93. The summed E-state index contributed by atoms with van der Waals surface area (Å²) in [6.45, 7) is 6.79. The van der Waals surface area contributed by atoms with Crippen molar-refractivity contribution in [1.82, 2.24) is 10.2 Å². The van der Waals surface area contributed by atoms with Gasteiger partial charge in [0.25, 0.3) is 0 Å². The van der Waals surface area contributed by atoms with E-state index in [2.05, 4.69) is 11.9 Å². The highest BCUT2D eigenvalue weighted by atomic mass is 16.2. The number of nitrogens with zero attached hydrogens (tertiary/aromatic N) is 1. The Hall–Kier alpha value is -1.91. The van der Waals surface area contributed by atoms with Crippen LogP contribution in [0.25, 0.3) is 0 Å². The molecule has 1 unspecified atom stereocenters. The Balaban J connectivity index is 2.79. The van der Waals surface area contributed by atoms with E-state index in [0.717, 1.165) is 30.4 Å². The van der Waals surface area contributed by atoms with Gasteiger partial charge in [0.15, 0.2) is 0 Å². The molecule has 0 aromatic heterocycles. The molecular weight excluding hydrogens is 244 g/mol. The van der Waals surface area contributed by atoms with Crippen molar-refractivity contribution in [3.05, 3.63) is 23.9 Å². The van der Waals surface area contributed by atoms with E-state index in [4.69, 9.17) is 0 Å². The Morgan fingerprint density at radius 1 is 1.53 bits per heavy atom. The fourth-order valence-corrected chi connectivity index (χ4v) is 2.24. The Labute approximate surface area is 113 Å². The number of allylic oxidation sites excluding steroid dienone is 2. The van der Waals surface area contributed by atoms with Crippen molar-refractivity contribution in [1.29, 1.82) is 0 Å². The van der Waals surface area contributed by atoms with Gasteiger partial charge in [0.2, 0.25) is 11.8 Å². The number of hydrogen-bond donors (Lipinski definition) is 1. The van der Waals surface area contributed by atoms with Crippen LogP contribution in [0.4, 0.5) is 0 Å². The van der Waals surface area contributed by atoms with Crippen LogP contribution in [0.2, 0.25) is 0 Å². The van der Waals surface area contributed by atoms with E-state index < -0.39 is 6.04 Å². The standard InChI is InChI=1S/C14H20N2O3/c1-4-5-6-12-7-13(9-17)16(10(12)2)14(19)8-15-11(3)18/h4,9,13H,1,5-8H2,2-3H3,(H,15,18). The number of rotatable bonds is 6. The van der Waals surface area contributed by atoms with E-state index in [0.29, 0.717) is 6.42 Å². The average Bonchev–Trinajstić information content (AvgIpc) is 2.70. The van der Waals surface area contributed by atoms with Crippen LogP contribution in [0.5, 0.6) is 0 Å². The lowest BCUT2D eigenvalue weighted by Crippen LogP contribution is -2.42. The Morgan fingerprint density at radius 2 is 2.21 bits per heavy atom. The molecule has 1 N–H and O–H groups in total. The lowest BCUT2D eigenvalue weighted by atomic mass is 10.1. The maximum absolute atomic E-state index is 12.0. The molecule has 1 rings (SSSR count). The quantitative estimate of drug-likeness (QED) is 0.578. The largest absolute Gasteiger partial charge is 0.347 e. The maximum atomic E-state index is 12.0. The molecule has 2 amide bonds. The van der Waals surface area contributed by atoms with Gasteiger partial charge in [0.1, 0.15) is 6.29 Å². The maximum Gasteiger partial charge on any atom is 0.246 e. The molecule has 5 heteroatoms. The summed E-state index contributed by atoms with van der Waals surface area (Å²) in [6, 6.07) is -0.443. The van der Waals surface area contributed by atoms with Crippen molar-refractivity contribution in [3.63, 3.8) is 0 Å². The van der Waals surface area contributed by atoms with Gasteiger partial charge in [-0.05, 0) is 31.8 Å². The molecule has 5 nitrogen and oxygen atoms in total. The Bertz CT molecular complexity index is 426. The second-order valence-corrected chi connectivity index (χ2v) is 4.60. The average molecular weight is 264 g/mol. The van der Waals surface area contributed by atoms with Gasteiger partial charge in [0.05, 0.1) is 12.6 Å². The summed E-state index contributed by atoms with van der Waals surface area (Å²) in [7, 11) is 0. The van der Waals surface area contributed by atoms with Crippen molar-refractivity contribution in [2.75, 3.05) is 6.54 Å². The first-order valence-electron chi connectivity index (χ1n) is 6.32. The molecule has 0 aliphatic carbocycles. The zero-order valence-electron chi connectivity index (χ0n) is 11.4. The molecule has 0 spiro atoms.